The van der Waals surface area contributed by atoms with Crippen molar-refractivity contribution in [3.05, 3.63) is 53.6 Å². The molecule has 2 amide bonds. The zero-order valence-corrected chi connectivity index (χ0v) is 18.4. The van der Waals surface area contributed by atoms with Gasteiger partial charge in [0.2, 0.25) is 10.0 Å². The molecule has 0 saturated carbocycles. The van der Waals surface area contributed by atoms with Crippen LogP contribution in [0.2, 0.25) is 0 Å². The molecular weight excluding hydrogens is 422 g/mol. The second kappa shape index (κ2) is 9.46. The van der Waals surface area contributed by atoms with Crippen LogP contribution in [0.5, 0.6) is 0 Å². The monoisotopic (exact) mass is 447 g/mol. The minimum Gasteiger partial charge on any atom is -0.452 e. The van der Waals surface area contributed by atoms with E-state index in [2.05, 4.69) is 10.1 Å². The maximum absolute atomic E-state index is 12.9. The molecule has 0 aliphatic carbocycles. The molecule has 0 aromatic heterocycles. The summed E-state index contributed by atoms with van der Waals surface area (Å²) >= 11 is 0. The van der Waals surface area contributed by atoms with Gasteiger partial charge in [0.15, 0.2) is 0 Å². The van der Waals surface area contributed by atoms with Crippen LogP contribution in [0.15, 0.2) is 47.4 Å². The first-order chi connectivity index (χ1) is 14.7. The predicted octanol–water partition coefficient (Wildman–Crippen LogP) is 2.47. The molecule has 9 nitrogen and oxygen atoms in total. The van der Waals surface area contributed by atoms with Crippen LogP contribution in [0.25, 0.3) is 0 Å². The predicted molar refractivity (Wildman–Crippen MR) is 116 cm³/mol. The molecule has 0 unspecified atom stereocenters. The molecule has 2 aromatic rings. The average Bonchev–Trinajstić information content (AvgIpc) is 2.79. The number of anilines is 2. The summed E-state index contributed by atoms with van der Waals surface area (Å²) in [5.41, 5.74) is 2.03. The first kappa shape index (κ1) is 22.7. The highest BCUT2D eigenvalue weighted by atomic mass is 32.2. The highest BCUT2D eigenvalue weighted by Gasteiger charge is 2.27. The number of hydrogen-bond acceptors (Lipinski definition) is 6. The number of benzene rings is 2. The van der Waals surface area contributed by atoms with Gasteiger partial charge in [0.1, 0.15) is 0 Å². The fourth-order valence-corrected chi connectivity index (χ4v) is 4.59. The lowest BCUT2D eigenvalue weighted by atomic mass is 10.1. The van der Waals surface area contributed by atoms with Gasteiger partial charge in [0.25, 0.3) is 5.91 Å². The number of rotatable bonds is 5. The van der Waals surface area contributed by atoms with E-state index < -0.39 is 22.0 Å². The summed E-state index contributed by atoms with van der Waals surface area (Å²) < 4.78 is 37.1. The number of hydrogen-bond donors (Lipinski definition) is 1. The lowest BCUT2D eigenvalue weighted by molar-refractivity contribution is 0.0730. The number of sulfonamides is 1. The zero-order chi connectivity index (χ0) is 22.6. The van der Waals surface area contributed by atoms with E-state index in [-0.39, 0.29) is 23.5 Å². The molecule has 0 atom stereocenters. The third-order valence-electron chi connectivity index (χ3n) is 5.02. The van der Waals surface area contributed by atoms with E-state index >= 15 is 0 Å². The van der Waals surface area contributed by atoms with Crippen molar-refractivity contribution < 1.29 is 27.5 Å². The van der Waals surface area contributed by atoms with Crippen molar-refractivity contribution in [2.24, 2.45) is 0 Å². The molecule has 1 fully saturated rings. The van der Waals surface area contributed by atoms with Gasteiger partial charge in [-0.25, -0.2) is 13.2 Å². The van der Waals surface area contributed by atoms with E-state index in [0.717, 1.165) is 0 Å². The van der Waals surface area contributed by atoms with Crippen LogP contribution < -0.4 is 10.2 Å². The largest absolute Gasteiger partial charge is 0.452 e. The number of carbonyl (C=O) groups excluding carboxylic acids is 2. The lowest BCUT2D eigenvalue weighted by Crippen LogP contribution is -2.40. The highest BCUT2D eigenvalue weighted by Crippen LogP contribution is 2.22. The maximum atomic E-state index is 12.9. The minimum absolute atomic E-state index is 0.0696. The van der Waals surface area contributed by atoms with Gasteiger partial charge in [-0.05, 0) is 48.9 Å². The molecule has 1 aliphatic heterocycles. The van der Waals surface area contributed by atoms with Crippen molar-refractivity contribution in [1.29, 1.82) is 0 Å². The minimum atomic E-state index is -3.71. The van der Waals surface area contributed by atoms with Gasteiger partial charge < -0.3 is 14.8 Å². The van der Waals surface area contributed by atoms with Crippen molar-refractivity contribution in [3.8, 4) is 0 Å². The summed E-state index contributed by atoms with van der Waals surface area (Å²) in [5, 5.41) is 2.76. The van der Waals surface area contributed by atoms with Gasteiger partial charge in [-0.15, -0.1) is 0 Å². The molecule has 1 aliphatic rings. The van der Waals surface area contributed by atoms with Crippen LogP contribution in [0, 0.1) is 6.92 Å². The van der Waals surface area contributed by atoms with Crippen LogP contribution in [0.1, 0.15) is 15.9 Å². The van der Waals surface area contributed by atoms with Gasteiger partial charge >= 0.3 is 6.09 Å². The van der Waals surface area contributed by atoms with E-state index in [1.807, 2.05) is 0 Å². The van der Waals surface area contributed by atoms with E-state index in [4.69, 9.17) is 4.74 Å². The summed E-state index contributed by atoms with van der Waals surface area (Å²) in [5.74, 6) is -0.425. The first-order valence-corrected chi connectivity index (χ1v) is 11.1. The molecular formula is C21H25N3O6S. The standard InChI is InChI=1S/C21H25N3O6S/c1-15-4-9-18(31(27,28)24-10-12-30-13-11-24)14-19(15)20(25)22-16-5-7-17(8-6-16)23(2)21(26)29-3/h4-9,14H,10-13H2,1-3H3,(H,22,25). The van der Waals surface area contributed by atoms with Gasteiger partial charge in [0, 0.05) is 37.1 Å². The Morgan fingerprint density at radius 1 is 1.10 bits per heavy atom. The Balaban J connectivity index is 1.79. The van der Waals surface area contributed by atoms with Crippen LogP contribution in [-0.4, -0.2) is 65.2 Å². The Kier molecular flexibility index (Phi) is 6.94. The smallest absolute Gasteiger partial charge is 0.413 e. The molecule has 10 heteroatoms. The Hall–Kier alpha value is -2.95. The molecule has 31 heavy (non-hydrogen) atoms. The Labute approximate surface area is 181 Å². The number of carbonyl (C=O) groups is 2. The lowest BCUT2D eigenvalue weighted by Gasteiger charge is -2.26. The molecule has 0 spiro atoms. The van der Waals surface area contributed by atoms with Crippen molar-refractivity contribution in [3.63, 3.8) is 0 Å². The summed E-state index contributed by atoms with van der Waals surface area (Å²) in [7, 11) is -0.842. The number of nitrogens with zero attached hydrogens (tertiary/aromatic N) is 2. The van der Waals surface area contributed by atoms with Crippen molar-refractivity contribution in [2.45, 2.75) is 11.8 Å². The van der Waals surface area contributed by atoms with Gasteiger partial charge in [-0.2, -0.15) is 4.31 Å². The SMILES string of the molecule is COC(=O)N(C)c1ccc(NC(=O)c2cc(S(=O)(=O)N3CCOCC3)ccc2C)cc1. The number of nitrogens with one attached hydrogen (secondary N) is 1. The number of methoxy groups -OCH3 is 1. The van der Waals surface area contributed by atoms with E-state index in [1.54, 1.807) is 44.3 Å². The third kappa shape index (κ3) is 5.04. The van der Waals surface area contributed by atoms with Gasteiger partial charge in [-0.3, -0.25) is 9.69 Å². The van der Waals surface area contributed by atoms with E-state index in [1.165, 1.54) is 28.4 Å². The van der Waals surface area contributed by atoms with Crippen LogP contribution in [0.4, 0.5) is 16.2 Å². The fraction of sp³-hybridized carbons (Fsp3) is 0.333. The molecule has 166 valence electrons. The number of amides is 2. The zero-order valence-electron chi connectivity index (χ0n) is 17.6. The van der Waals surface area contributed by atoms with Crippen molar-refractivity contribution in [2.75, 3.05) is 50.7 Å². The molecule has 1 N–H and O–H groups in total. The normalized spacial score (nSPS) is 14.7. The van der Waals surface area contributed by atoms with Crippen LogP contribution >= 0.6 is 0 Å². The van der Waals surface area contributed by atoms with Crippen molar-refractivity contribution in [1.82, 2.24) is 4.31 Å². The second-order valence-corrected chi connectivity index (χ2v) is 8.96. The molecule has 0 radical (unpaired) electrons. The quantitative estimate of drug-likeness (QED) is 0.755. The number of morpholine rings is 1. The summed E-state index contributed by atoms with van der Waals surface area (Å²) in [6.07, 6.45) is -0.509. The Morgan fingerprint density at radius 2 is 1.74 bits per heavy atom. The van der Waals surface area contributed by atoms with E-state index in [9.17, 15) is 18.0 Å². The van der Waals surface area contributed by atoms with Gasteiger partial charge in [0.05, 0.1) is 25.2 Å². The Bertz CT molecular complexity index is 1060. The second-order valence-electron chi connectivity index (χ2n) is 7.02. The topological polar surface area (TPSA) is 105 Å². The summed E-state index contributed by atoms with van der Waals surface area (Å²) in [6.45, 7) is 3.00. The molecule has 3 rings (SSSR count). The van der Waals surface area contributed by atoms with Gasteiger partial charge in [-0.1, -0.05) is 6.07 Å². The summed E-state index contributed by atoms with van der Waals surface area (Å²) in [4.78, 5) is 25.8. The van der Waals surface area contributed by atoms with E-state index in [0.29, 0.717) is 30.2 Å². The van der Waals surface area contributed by atoms with Crippen LogP contribution in [0.3, 0.4) is 0 Å². The number of aryl methyl sites for hydroxylation is 1. The molecule has 1 saturated heterocycles. The summed E-state index contributed by atoms with van der Waals surface area (Å²) in [6, 6.07) is 11.2. The molecule has 1 heterocycles. The first-order valence-electron chi connectivity index (χ1n) is 9.65. The maximum Gasteiger partial charge on any atom is 0.413 e. The number of ether oxygens (including phenoxy) is 2. The van der Waals surface area contributed by atoms with Crippen molar-refractivity contribution >= 4 is 33.4 Å². The molecule has 2 aromatic carbocycles. The third-order valence-corrected chi connectivity index (χ3v) is 6.92. The highest BCUT2D eigenvalue weighted by molar-refractivity contribution is 7.89. The molecule has 0 bridgehead atoms. The average molecular weight is 448 g/mol. The fourth-order valence-electron chi connectivity index (χ4n) is 3.15. The Morgan fingerprint density at radius 3 is 2.35 bits per heavy atom. The van der Waals surface area contributed by atoms with Crippen LogP contribution in [-0.2, 0) is 19.5 Å².